The van der Waals surface area contributed by atoms with Crippen molar-refractivity contribution in [1.29, 1.82) is 0 Å². The number of nitrogens with two attached hydrogens (primary N) is 1. The molecule has 0 saturated carbocycles. The summed E-state index contributed by atoms with van der Waals surface area (Å²) in [6.07, 6.45) is 3.26. The number of benzene rings is 1. The molecule has 3 heterocycles. The molecular formula is C20H17BrN6. The van der Waals surface area contributed by atoms with Crippen molar-refractivity contribution < 1.29 is 0 Å². The van der Waals surface area contributed by atoms with Crippen LogP contribution in [0.2, 0.25) is 0 Å². The molecule has 7 heteroatoms. The smallest absolute Gasteiger partial charge is 0.165 e. The number of nitrogen functional groups attached to an aromatic ring is 1. The summed E-state index contributed by atoms with van der Waals surface area (Å²) < 4.78 is 0.985. The largest absolute Gasteiger partial charge is 0.383 e. The van der Waals surface area contributed by atoms with E-state index >= 15 is 0 Å². The zero-order valence-electron chi connectivity index (χ0n) is 14.9. The van der Waals surface area contributed by atoms with Crippen molar-refractivity contribution in [3.05, 3.63) is 59.5 Å². The highest BCUT2D eigenvalue weighted by Crippen LogP contribution is 2.34. The number of hydrogen-bond donors (Lipinski definition) is 1. The fourth-order valence-electron chi connectivity index (χ4n) is 2.92. The molecule has 0 spiro atoms. The van der Waals surface area contributed by atoms with E-state index in [9.17, 15) is 0 Å². The van der Waals surface area contributed by atoms with Gasteiger partial charge < -0.3 is 10.6 Å². The first kappa shape index (κ1) is 17.4. The van der Waals surface area contributed by atoms with Crippen LogP contribution < -0.4 is 10.6 Å². The van der Waals surface area contributed by atoms with Gasteiger partial charge in [-0.15, -0.1) is 0 Å². The third kappa shape index (κ3) is 3.33. The molecule has 0 fully saturated rings. The summed E-state index contributed by atoms with van der Waals surface area (Å²) in [4.78, 5) is 19.6. The van der Waals surface area contributed by atoms with Crippen molar-refractivity contribution in [2.24, 2.45) is 0 Å². The van der Waals surface area contributed by atoms with Crippen molar-refractivity contribution in [3.8, 4) is 22.4 Å². The van der Waals surface area contributed by atoms with Crippen LogP contribution in [-0.2, 0) is 0 Å². The molecule has 0 atom stereocenters. The van der Waals surface area contributed by atoms with Crippen molar-refractivity contribution in [3.63, 3.8) is 0 Å². The molecule has 6 nitrogen and oxygen atoms in total. The fraction of sp³-hybridized carbons (Fsp3) is 0.100. The number of aromatic nitrogens is 4. The first-order valence-electron chi connectivity index (χ1n) is 8.34. The van der Waals surface area contributed by atoms with Crippen LogP contribution in [0.25, 0.3) is 33.4 Å². The van der Waals surface area contributed by atoms with Gasteiger partial charge in [-0.25, -0.2) is 19.9 Å². The standard InChI is InChI=1S/C20H17BrN6/c1-27(2)17-7-6-13(10-23-17)16-9-15(12-4-3-5-14(21)8-12)18-19(22)24-11-25-20(18)26-16/h3-11H,1-2H3,(H2,22,24,25,26). The van der Waals surface area contributed by atoms with Gasteiger partial charge in [0.2, 0.25) is 0 Å². The maximum absolute atomic E-state index is 6.15. The van der Waals surface area contributed by atoms with Crippen molar-refractivity contribution in [2.75, 3.05) is 24.7 Å². The van der Waals surface area contributed by atoms with Gasteiger partial charge in [-0.2, -0.15) is 0 Å². The van der Waals surface area contributed by atoms with Gasteiger partial charge in [-0.1, -0.05) is 28.1 Å². The molecule has 0 aliphatic carbocycles. The van der Waals surface area contributed by atoms with E-state index in [1.807, 2.05) is 67.7 Å². The Morgan fingerprint density at radius 1 is 0.963 bits per heavy atom. The molecular weight excluding hydrogens is 404 g/mol. The summed E-state index contributed by atoms with van der Waals surface area (Å²) in [6.45, 7) is 0. The lowest BCUT2D eigenvalue weighted by Crippen LogP contribution is -2.10. The second-order valence-electron chi connectivity index (χ2n) is 6.32. The van der Waals surface area contributed by atoms with E-state index in [-0.39, 0.29) is 0 Å². The molecule has 0 saturated heterocycles. The summed E-state index contributed by atoms with van der Waals surface area (Å²) in [6, 6.07) is 14.0. The number of rotatable bonds is 3. The van der Waals surface area contributed by atoms with Crippen LogP contribution in [0.15, 0.2) is 59.5 Å². The summed E-state index contributed by atoms with van der Waals surface area (Å²) in [5.74, 6) is 1.30. The van der Waals surface area contributed by atoms with Gasteiger partial charge in [-0.05, 0) is 41.5 Å². The topological polar surface area (TPSA) is 80.8 Å². The van der Waals surface area contributed by atoms with Crippen LogP contribution in [0.3, 0.4) is 0 Å². The number of anilines is 2. The monoisotopic (exact) mass is 420 g/mol. The third-order valence-corrected chi connectivity index (χ3v) is 4.76. The Hall–Kier alpha value is -3.06. The Morgan fingerprint density at radius 3 is 2.52 bits per heavy atom. The SMILES string of the molecule is CN(C)c1ccc(-c2cc(-c3cccc(Br)c3)c3c(N)ncnc3n2)cn1. The first-order valence-corrected chi connectivity index (χ1v) is 9.13. The summed E-state index contributed by atoms with van der Waals surface area (Å²) in [5, 5.41) is 0.747. The van der Waals surface area contributed by atoms with Crippen molar-refractivity contribution in [2.45, 2.75) is 0 Å². The highest BCUT2D eigenvalue weighted by atomic mass is 79.9. The minimum absolute atomic E-state index is 0.412. The Labute approximate surface area is 165 Å². The van der Waals surface area contributed by atoms with Gasteiger partial charge in [0.1, 0.15) is 18.0 Å². The van der Waals surface area contributed by atoms with Crippen LogP contribution >= 0.6 is 15.9 Å². The number of halogens is 1. The lowest BCUT2D eigenvalue weighted by molar-refractivity contribution is 1.07. The van der Waals surface area contributed by atoms with Gasteiger partial charge in [0, 0.05) is 30.3 Å². The van der Waals surface area contributed by atoms with Crippen molar-refractivity contribution in [1.82, 2.24) is 19.9 Å². The van der Waals surface area contributed by atoms with Gasteiger partial charge in [-0.3, -0.25) is 0 Å². The summed E-state index contributed by atoms with van der Waals surface area (Å²) in [5.41, 5.74) is 10.4. The van der Waals surface area contributed by atoms with E-state index in [1.54, 1.807) is 0 Å². The normalized spacial score (nSPS) is 10.9. The maximum atomic E-state index is 6.15. The number of nitrogens with zero attached hydrogens (tertiary/aromatic N) is 5. The summed E-state index contributed by atoms with van der Waals surface area (Å²) >= 11 is 3.53. The number of hydrogen-bond acceptors (Lipinski definition) is 6. The molecule has 0 amide bonds. The molecule has 0 bridgehead atoms. The van der Waals surface area contributed by atoms with Crippen molar-refractivity contribution >= 4 is 38.6 Å². The number of pyridine rings is 2. The molecule has 0 aliphatic heterocycles. The van der Waals surface area contributed by atoms with E-state index in [1.165, 1.54) is 6.33 Å². The highest BCUT2D eigenvalue weighted by Gasteiger charge is 2.14. The first-order chi connectivity index (χ1) is 13.0. The van der Waals surface area contributed by atoms with E-state index < -0.39 is 0 Å². The predicted molar refractivity (Wildman–Crippen MR) is 112 cm³/mol. The Balaban J connectivity index is 1.95. The van der Waals surface area contributed by atoms with E-state index in [0.717, 1.165) is 38.1 Å². The molecule has 4 rings (SSSR count). The average molecular weight is 421 g/mol. The van der Waals surface area contributed by atoms with E-state index in [0.29, 0.717) is 11.5 Å². The molecule has 134 valence electrons. The minimum Gasteiger partial charge on any atom is -0.383 e. The highest BCUT2D eigenvalue weighted by molar-refractivity contribution is 9.10. The fourth-order valence-corrected chi connectivity index (χ4v) is 3.32. The molecule has 4 aromatic rings. The predicted octanol–water partition coefficient (Wildman–Crippen LogP) is 4.16. The molecule has 27 heavy (non-hydrogen) atoms. The van der Waals surface area contributed by atoms with Crippen LogP contribution in [0.5, 0.6) is 0 Å². The molecule has 3 aromatic heterocycles. The molecule has 0 radical (unpaired) electrons. The van der Waals surface area contributed by atoms with Gasteiger partial charge in [0.15, 0.2) is 5.65 Å². The zero-order chi connectivity index (χ0) is 19.0. The van der Waals surface area contributed by atoms with E-state index in [4.69, 9.17) is 10.7 Å². The Bertz CT molecular complexity index is 1130. The van der Waals surface area contributed by atoms with Gasteiger partial charge in [0.25, 0.3) is 0 Å². The average Bonchev–Trinajstić information content (AvgIpc) is 2.67. The quantitative estimate of drug-likeness (QED) is 0.535. The zero-order valence-corrected chi connectivity index (χ0v) is 16.5. The van der Waals surface area contributed by atoms with Crippen LogP contribution in [-0.4, -0.2) is 34.0 Å². The maximum Gasteiger partial charge on any atom is 0.165 e. The summed E-state index contributed by atoms with van der Waals surface area (Å²) in [7, 11) is 3.92. The lowest BCUT2D eigenvalue weighted by Gasteiger charge is -2.13. The molecule has 2 N–H and O–H groups in total. The van der Waals surface area contributed by atoms with Crippen LogP contribution in [0, 0.1) is 0 Å². The molecule has 0 aliphatic rings. The van der Waals surface area contributed by atoms with Crippen LogP contribution in [0.4, 0.5) is 11.6 Å². The Kier molecular flexibility index (Phi) is 4.45. The Morgan fingerprint density at radius 2 is 1.81 bits per heavy atom. The van der Waals surface area contributed by atoms with Gasteiger partial charge >= 0.3 is 0 Å². The second-order valence-corrected chi connectivity index (χ2v) is 7.24. The van der Waals surface area contributed by atoms with E-state index in [2.05, 4.69) is 30.9 Å². The number of fused-ring (bicyclic) bond motifs is 1. The van der Waals surface area contributed by atoms with Crippen LogP contribution in [0.1, 0.15) is 0 Å². The minimum atomic E-state index is 0.412. The third-order valence-electron chi connectivity index (χ3n) is 4.27. The molecule has 0 unspecified atom stereocenters. The second kappa shape index (κ2) is 6.92. The van der Waals surface area contributed by atoms with Gasteiger partial charge in [0.05, 0.1) is 11.1 Å². The molecule has 1 aromatic carbocycles. The lowest BCUT2D eigenvalue weighted by atomic mass is 10.0.